The predicted octanol–water partition coefficient (Wildman–Crippen LogP) is 7.44. The van der Waals surface area contributed by atoms with Crippen LogP contribution in [0.2, 0.25) is 0 Å². The summed E-state index contributed by atoms with van der Waals surface area (Å²) in [6.07, 6.45) is 6.59. The lowest BCUT2D eigenvalue weighted by Gasteiger charge is -2.24. The molecule has 0 saturated heterocycles. The lowest BCUT2D eigenvalue weighted by atomic mass is 9.97. The summed E-state index contributed by atoms with van der Waals surface area (Å²) in [4.78, 5) is 6.35. The number of thiophene rings is 1. The minimum absolute atomic E-state index is 0.351. The van der Waals surface area contributed by atoms with Crippen LogP contribution in [0.5, 0.6) is 5.75 Å². The number of benzene rings is 2. The Kier molecular flexibility index (Phi) is 4.56. The van der Waals surface area contributed by atoms with Crippen molar-refractivity contribution in [2.24, 2.45) is 0 Å². The molecule has 0 unspecified atom stereocenters. The summed E-state index contributed by atoms with van der Waals surface area (Å²) in [6.45, 7) is 4.34. The van der Waals surface area contributed by atoms with Crippen LogP contribution in [0.1, 0.15) is 43.2 Å². The number of pyridine rings is 1. The molecule has 4 aromatic rings. The maximum atomic E-state index is 6.40. The predicted molar refractivity (Wildman–Crippen MR) is 120 cm³/mol. The van der Waals surface area contributed by atoms with Gasteiger partial charge in [0.1, 0.15) is 5.75 Å². The average Bonchev–Trinajstić information content (AvgIpc) is 3.08. The molecule has 1 saturated carbocycles. The van der Waals surface area contributed by atoms with E-state index in [0.717, 1.165) is 22.3 Å². The highest BCUT2D eigenvalue weighted by Crippen LogP contribution is 2.39. The zero-order valence-electron chi connectivity index (χ0n) is 16.5. The van der Waals surface area contributed by atoms with E-state index in [-0.39, 0.29) is 0 Å². The van der Waals surface area contributed by atoms with Gasteiger partial charge in [0.25, 0.3) is 0 Å². The van der Waals surface area contributed by atoms with Gasteiger partial charge in [-0.1, -0.05) is 30.7 Å². The maximum absolute atomic E-state index is 6.40. The summed E-state index contributed by atoms with van der Waals surface area (Å²) < 4.78 is 7.73. The third-order valence-electron chi connectivity index (χ3n) is 5.94. The van der Waals surface area contributed by atoms with Gasteiger partial charge in [-0.3, -0.25) is 0 Å². The first-order valence-electron chi connectivity index (χ1n) is 10.3. The molecule has 28 heavy (non-hydrogen) atoms. The highest BCUT2D eigenvalue weighted by molar-refractivity contribution is 7.22. The number of aryl methyl sites for hydroxylation is 2. The summed E-state index contributed by atoms with van der Waals surface area (Å²) in [5, 5.41) is 2.46. The van der Waals surface area contributed by atoms with Gasteiger partial charge < -0.3 is 4.74 Å². The molecule has 1 aliphatic rings. The van der Waals surface area contributed by atoms with E-state index in [1.54, 1.807) is 0 Å². The van der Waals surface area contributed by atoms with E-state index in [9.17, 15) is 0 Å². The fourth-order valence-corrected chi connectivity index (χ4v) is 5.52. The number of fused-ring (bicyclic) bond motifs is 2. The van der Waals surface area contributed by atoms with Crippen molar-refractivity contribution in [2.75, 3.05) is 0 Å². The molecular weight excluding hydrogens is 362 g/mol. The SMILES string of the molecule is Cc1c(-c2ccc3c(OC4CCCCC4)ccc(C)c3n2)sc2ccccc12. The van der Waals surface area contributed by atoms with E-state index in [1.807, 2.05) is 11.3 Å². The van der Waals surface area contributed by atoms with Crippen LogP contribution in [-0.4, -0.2) is 11.1 Å². The summed E-state index contributed by atoms with van der Waals surface area (Å²) in [5.74, 6) is 0.986. The summed E-state index contributed by atoms with van der Waals surface area (Å²) in [6, 6.07) is 17.2. The Morgan fingerprint density at radius 3 is 2.54 bits per heavy atom. The van der Waals surface area contributed by atoms with Crippen molar-refractivity contribution < 1.29 is 4.74 Å². The third-order valence-corrected chi connectivity index (χ3v) is 7.24. The molecule has 0 aliphatic heterocycles. The van der Waals surface area contributed by atoms with Gasteiger partial charge in [0.15, 0.2) is 0 Å². The molecule has 0 radical (unpaired) electrons. The van der Waals surface area contributed by atoms with E-state index in [0.29, 0.717) is 6.10 Å². The molecule has 0 N–H and O–H groups in total. The molecule has 3 heteroatoms. The van der Waals surface area contributed by atoms with Gasteiger partial charge in [-0.05, 0) is 80.3 Å². The molecule has 2 nitrogen and oxygen atoms in total. The first-order chi connectivity index (χ1) is 13.7. The van der Waals surface area contributed by atoms with Crippen LogP contribution < -0.4 is 4.74 Å². The van der Waals surface area contributed by atoms with Crippen LogP contribution in [0.4, 0.5) is 0 Å². The molecule has 0 atom stereocenters. The minimum Gasteiger partial charge on any atom is -0.490 e. The Hall–Kier alpha value is -2.39. The van der Waals surface area contributed by atoms with Crippen LogP contribution in [0, 0.1) is 13.8 Å². The number of ether oxygens (including phenoxy) is 1. The molecule has 142 valence electrons. The third kappa shape index (κ3) is 3.08. The number of rotatable bonds is 3. The summed E-state index contributed by atoms with van der Waals surface area (Å²) in [7, 11) is 0. The van der Waals surface area contributed by atoms with Crippen LogP contribution in [0.25, 0.3) is 31.6 Å². The van der Waals surface area contributed by atoms with Crippen molar-refractivity contribution in [3.63, 3.8) is 0 Å². The van der Waals surface area contributed by atoms with E-state index >= 15 is 0 Å². The molecule has 0 amide bonds. The van der Waals surface area contributed by atoms with Crippen molar-refractivity contribution in [1.29, 1.82) is 0 Å². The topological polar surface area (TPSA) is 22.1 Å². The molecule has 2 aromatic heterocycles. The highest BCUT2D eigenvalue weighted by Gasteiger charge is 2.18. The molecule has 0 bridgehead atoms. The van der Waals surface area contributed by atoms with Crippen molar-refractivity contribution >= 4 is 32.3 Å². The standard InChI is InChI=1S/C25H25NOS/c1-16-12-15-22(27-18-8-4-3-5-9-18)20-13-14-21(26-24(16)20)25-17(2)19-10-6-7-11-23(19)28-25/h6-7,10-15,18H,3-5,8-9H2,1-2H3. The van der Waals surface area contributed by atoms with Gasteiger partial charge in [-0.15, -0.1) is 11.3 Å². The Bertz CT molecular complexity index is 1150. The number of hydrogen-bond acceptors (Lipinski definition) is 3. The fourth-order valence-electron chi connectivity index (χ4n) is 4.34. The lowest BCUT2D eigenvalue weighted by molar-refractivity contribution is 0.157. The van der Waals surface area contributed by atoms with Crippen molar-refractivity contribution in [1.82, 2.24) is 4.98 Å². The second-order valence-electron chi connectivity index (χ2n) is 7.90. The van der Waals surface area contributed by atoms with Gasteiger partial charge in [0.05, 0.1) is 22.2 Å². The number of aromatic nitrogens is 1. The van der Waals surface area contributed by atoms with Crippen LogP contribution in [0.15, 0.2) is 48.5 Å². The van der Waals surface area contributed by atoms with Crippen molar-refractivity contribution in [3.05, 3.63) is 59.7 Å². The Balaban J connectivity index is 1.58. The van der Waals surface area contributed by atoms with Crippen LogP contribution >= 0.6 is 11.3 Å². The van der Waals surface area contributed by atoms with Crippen molar-refractivity contribution in [3.8, 4) is 16.3 Å². The quantitative estimate of drug-likeness (QED) is 0.364. The molecular formula is C25H25NOS. The molecule has 1 fully saturated rings. The second-order valence-corrected chi connectivity index (χ2v) is 8.96. The highest BCUT2D eigenvalue weighted by atomic mass is 32.1. The van der Waals surface area contributed by atoms with E-state index in [1.165, 1.54) is 58.2 Å². The first kappa shape index (κ1) is 17.7. The molecule has 2 aromatic carbocycles. The largest absolute Gasteiger partial charge is 0.490 e. The van der Waals surface area contributed by atoms with E-state index in [4.69, 9.17) is 9.72 Å². The monoisotopic (exact) mass is 387 g/mol. The normalized spacial score (nSPS) is 15.4. The molecule has 1 aliphatic carbocycles. The number of nitrogens with zero attached hydrogens (tertiary/aromatic N) is 1. The molecule has 0 spiro atoms. The Morgan fingerprint density at radius 2 is 1.71 bits per heavy atom. The summed E-state index contributed by atoms with van der Waals surface area (Å²) in [5.41, 5.74) is 4.64. The van der Waals surface area contributed by atoms with Gasteiger partial charge in [-0.2, -0.15) is 0 Å². The van der Waals surface area contributed by atoms with Crippen LogP contribution in [-0.2, 0) is 0 Å². The second kappa shape index (κ2) is 7.21. The first-order valence-corrected chi connectivity index (χ1v) is 11.1. The summed E-state index contributed by atoms with van der Waals surface area (Å²) >= 11 is 1.83. The Labute approximate surface area is 170 Å². The molecule has 5 rings (SSSR count). The van der Waals surface area contributed by atoms with Crippen LogP contribution in [0.3, 0.4) is 0 Å². The average molecular weight is 388 g/mol. The maximum Gasteiger partial charge on any atom is 0.129 e. The van der Waals surface area contributed by atoms with Gasteiger partial charge >= 0.3 is 0 Å². The lowest BCUT2D eigenvalue weighted by Crippen LogP contribution is -2.19. The zero-order valence-corrected chi connectivity index (χ0v) is 17.3. The zero-order chi connectivity index (χ0) is 19.1. The van der Waals surface area contributed by atoms with Gasteiger partial charge in [0.2, 0.25) is 0 Å². The molecule has 2 heterocycles. The Morgan fingerprint density at radius 1 is 0.893 bits per heavy atom. The smallest absolute Gasteiger partial charge is 0.129 e. The minimum atomic E-state index is 0.351. The van der Waals surface area contributed by atoms with Gasteiger partial charge in [0, 0.05) is 10.1 Å². The fraction of sp³-hybridized carbons (Fsp3) is 0.320. The van der Waals surface area contributed by atoms with E-state index < -0.39 is 0 Å². The van der Waals surface area contributed by atoms with Gasteiger partial charge in [-0.25, -0.2) is 4.98 Å². The van der Waals surface area contributed by atoms with Crippen molar-refractivity contribution in [2.45, 2.75) is 52.1 Å². The number of hydrogen-bond donors (Lipinski definition) is 0. The van der Waals surface area contributed by atoms with E-state index in [2.05, 4.69) is 62.4 Å².